The van der Waals surface area contributed by atoms with Gasteiger partial charge in [0.2, 0.25) is 17.7 Å². The van der Waals surface area contributed by atoms with Gasteiger partial charge in [-0.05, 0) is 105 Å². The predicted octanol–water partition coefficient (Wildman–Crippen LogP) is 8.38. The number of aromatic hydroxyl groups is 1. The van der Waals surface area contributed by atoms with Crippen molar-refractivity contribution in [2.24, 2.45) is 0 Å². The molecular weight excluding hydrogens is 608 g/mol. The van der Waals surface area contributed by atoms with E-state index in [4.69, 9.17) is 20.0 Å². The minimum Gasteiger partial charge on any atom is -0.508 e. The van der Waals surface area contributed by atoms with Crippen molar-refractivity contribution in [3.05, 3.63) is 143 Å². The van der Waals surface area contributed by atoms with Crippen LogP contribution in [0, 0.1) is 5.41 Å². The first-order chi connectivity index (χ1) is 23.2. The van der Waals surface area contributed by atoms with Gasteiger partial charge in [-0.2, -0.15) is 0 Å². The van der Waals surface area contributed by atoms with Gasteiger partial charge in [-0.1, -0.05) is 96.2 Å². The fourth-order valence-electron chi connectivity index (χ4n) is 5.75. The van der Waals surface area contributed by atoms with Crippen LogP contribution in [0.5, 0.6) is 5.75 Å². The lowest BCUT2D eigenvalue weighted by Crippen LogP contribution is -2.43. The van der Waals surface area contributed by atoms with Gasteiger partial charge in [0.05, 0.1) is 11.5 Å². The fraction of sp³-hybridized carbons (Fsp3) is 0.238. The molecule has 1 heterocycles. The summed E-state index contributed by atoms with van der Waals surface area (Å²) in [6.45, 7) is 13.0. The number of hydrogen-bond acceptors (Lipinski definition) is 6. The maximum atomic E-state index is 10.6. The first kappa shape index (κ1) is 33.3. The molecule has 0 spiro atoms. The maximum Gasteiger partial charge on any atom is 0.373 e. The van der Waals surface area contributed by atoms with Crippen LogP contribution in [0.25, 0.3) is 28.2 Å². The summed E-state index contributed by atoms with van der Waals surface area (Å²) in [5, 5.41) is 34.0. The molecule has 1 aliphatic rings. The number of nitrogens with zero attached hydrogens (tertiary/aromatic N) is 2. The number of allylic oxidation sites excluding steroid dienone is 4. The van der Waals surface area contributed by atoms with Gasteiger partial charge in [0.1, 0.15) is 5.75 Å². The second-order valence-electron chi connectivity index (χ2n) is 14.6. The number of phenolic OH excluding ortho intramolecular Hbond substituents is 1. The highest BCUT2D eigenvalue weighted by Crippen LogP contribution is 2.35. The SMILES string of the molecule is CC(C)(C)c1ccc(C(=[NH2+])OC(=N)c2ccc(-c3cc(O)cc(C4=CCC(c5nnc(-c6ccc(C(C)(C)C)cc6)o5)C=C4)c3)cc2)cc1. The number of nitrogens with one attached hydrogen (secondary N) is 1. The van der Waals surface area contributed by atoms with Crippen LogP contribution in [-0.4, -0.2) is 27.1 Å². The Hall–Kier alpha value is -5.56. The van der Waals surface area contributed by atoms with Crippen molar-refractivity contribution >= 4 is 17.4 Å². The molecule has 4 aromatic carbocycles. The number of hydrogen-bond donors (Lipinski definition) is 3. The molecule has 49 heavy (non-hydrogen) atoms. The standard InChI is InChI=1S/C42H42N4O3/c1-41(2,3)34-19-15-29(16-20-34)38(44)48-37(43)28-11-7-26(8-12-28)32-23-33(25-36(47)24-32)27-9-13-30(14-10-27)39-45-46-40(49-39)31-17-21-35(22-18-31)42(4,5)6/h7-13,15-25,30,43-44,47H,14H2,1-6H3/p+1. The Labute approximate surface area is 288 Å². The molecule has 0 saturated heterocycles. The third-order valence-corrected chi connectivity index (χ3v) is 8.83. The molecule has 1 aromatic heterocycles. The lowest BCUT2D eigenvalue weighted by molar-refractivity contribution is -0.130. The second-order valence-corrected chi connectivity index (χ2v) is 14.6. The van der Waals surface area contributed by atoms with E-state index in [0.717, 1.165) is 33.4 Å². The van der Waals surface area contributed by atoms with E-state index in [1.54, 1.807) is 12.1 Å². The van der Waals surface area contributed by atoms with E-state index in [-0.39, 0.29) is 34.3 Å². The molecule has 0 saturated carbocycles. The summed E-state index contributed by atoms with van der Waals surface area (Å²) >= 11 is 0. The highest BCUT2D eigenvalue weighted by Gasteiger charge is 2.21. The molecule has 248 valence electrons. The van der Waals surface area contributed by atoms with Crippen molar-refractivity contribution in [1.29, 1.82) is 5.41 Å². The summed E-state index contributed by atoms with van der Waals surface area (Å²) in [7, 11) is 0. The number of phenols is 1. The van der Waals surface area contributed by atoms with E-state index in [2.05, 4.69) is 76.0 Å². The number of rotatable bonds is 6. The van der Waals surface area contributed by atoms with Crippen molar-refractivity contribution in [2.45, 2.75) is 64.7 Å². The van der Waals surface area contributed by atoms with Crippen LogP contribution < -0.4 is 5.41 Å². The van der Waals surface area contributed by atoms with E-state index >= 15 is 0 Å². The Balaban J connectivity index is 1.11. The second kappa shape index (κ2) is 13.2. The monoisotopic (exact) mass is 651 g/mol. The van der Waals surface area contributed by atoms with Crippen molar-refractivity contribution in [3.8, 4) is 28.3 Å². The quantitative estimate of drug-likeness (QED) is 0.126. The van der Waals surface area contributed by atoms with E-state index in [1.807, 2.05) is 72.8 Å². The lowest BCUT2D eigenvalue weighted by atomic mass is 9.87. The normalized spacial score (nSPS) is 14.7. The molecule has 0 bridgehead atoms. The summed E-state index contributed by atoms with van der Waals surface area (Å²) in [5.41, 5.74) is 8.42. The van der Waals surface area contributed by atoms with Gasteiger partial charge in [-0.25, -0.2) is 5.41 Å². The number of aromatic nitrogens is 2. The first-order valence-electron chi connectivity index (χ1n) is 16.5. The van der Waals surface area contributed by atoms with Crippen LogP contribution in [0.2, 0.25) is 0 Å². The van der Waals surface area contributed by atoms with Crippen LogP contribution in [0.3, 0.4) is 0 Å². The molecule has 0 fully saturated rings. The van der Waals surface area contributed by atoms with Crippen LogP contribution >= 0.6 is 0 Å². The molecule has 1 aliphatic carbocycles. The smallest absolute Gasteiger partial charge is 0.373 e. The summed E-state index contributed by atoms with van der Waals surface area (Å²) in [6.07, 6.45) is 6.93. The van der Waals surface area contributed by atoms with Gasteiger partial charge in [0.25, 0.3) is 0 Å². The van der Waals surface area contributed by atoms with Gasteiger partial charge >= 0.3 is 5.90 Å². The molecule has 7 heteroatoms. The van der Waals surface area contributed by atoms with Gasteiger partial charge in [-0.15, -0.1) is 10.2 Å². The average molecular weight is 652 g/mol. The van der Waals surface area contributed by atoms with Gasteiger partial charge in [-0.3, -0.25) is 5.41 Å². The Bertz CT molecular complexity index is 2060. The molecule has 1 unspecified atom stereocenters. The van der Waals surface area contributed by atoms with Crippen molar-refractivity contribution in [1.82, 2.24) is 10.2 Å². The average Bonchev–Trinajstić information content (AvgIpc) is 3.58. The topological polar surface area (TPSA) is 118 Å². The molecule has 4 N–H and O–H groups in total. The van der Waals surface area contributed by atoms with Gasteiger partial charge in [0.15, 0.2) is 0 Å². The van der Waals surface area contributed by atoms with Crippen LogP contribution in [-0.2, 0) is 15.6 Å². The summed E-state index contributed by atoms with van der Waals surface area (Å²) in [6, 6.07) is 29.2. The third-order valence-electron chi connectivity index (χ3n) is 8.83. The fourth-order valence-corrected chi connectivity index (χ4v) is 5.75. The Morgan fingerprint density at radius 3 is 1.92 bits per heavy atom. The van der Waals surface area contributed by atoms with Gasteiger partial charge in [0, 0.05) is 11.1 Å². The van der Waals surface area contributed by atoms with Crippen LogP contribution in [0.4, 0.5) is 0 Å². The van der Waals surface area contributed by atoms with Crippen molar-refractivity contribution < 1.29 is 19.7 Å². The summed E-state index contributed by atoms with van der Waals surface area (Å²) in [5.74, 6) is 1.35. The number of benzene rings is 4. The maximum absolute atomic E-state index is 10.6. The molecular formula is C42H43N4O3+. The van der Waals surface area contributed by atoms with Crippen LogP contribution in [0.15, 0.2) is 114 Å². The zero-order valence-electron chi connectivity index (χ0n) is 28.9. The molecule has 6 rings (SSSR count). The lowest BCUT2D eigenvalue weighted by Gasteiger charge is -2.18. The zero-order chi connectivity index (χ0) is 34.9. The van der Waals surface area contributed by atoms with E-state index in [1.165, 1.54) is 11.1 Å². The molecule has 0 aliphatic heterocycles. The number of nitrogens with two attached hydrogens (primary N) is 1. The first-order valence-corrected chi connectivity index (χ1v) is 16.5. The molecule has 0 amide bonds. The molecule has 7 nitrogen and oxygen atoms in total. The Morgan fingerprint density at radius 2 is 1.33 bits per heavy atom. The molecule has 0 radical (unpaired) electrons. The highest BCUT2D eigenvalue weighted by atomic mass is 16.5. The van der Waals surface area contributed by atoms with Crippen molar-refractivity contribution in [2.75, 3.05) is 0 Å². The third kappa shape index (κ3) is 7.62. The van der Waals surface area contributed by atoms with E-state index in [0.29, 0.717) is 23.8 Å². The highest BCUT2D eigenvalue weighted by molar-refractivity contribution is 6.03. The van der Waals surface area contributed by atoms with Gasteiger partial charge < -0.3 is 14.3 Å². The summed E-state index contributed by atoms with van der Waals surface area (Å²) in [4.78, 5) is 0. The Morgan fingerprint density at radius 1 is 0.755 bits per heavy atom. The van der Waals surface area contributed by atoms with Crippen LogP contribution in [0.1, 0.15) is 87.6 Å². The van der Waals surface area contributed by atoms with Crippen molar-refractivity contribution in [3.63, 3.8) is 0 Å². The summed E-state index contributed by atoms with van der Waals surface area (Å²) < 4.78 is 11.8. The predicted molar refractivity (Wildman–Crippen MR) is 196 cm³/mol. The minimum absolute atomic E-state index is 0.0326. The van der Waals surface area contributed by atoms with E-state index < -0.39 is 0 Å². The van der Waals surface area contributed by atoms with E-state index in [9.17, 15) is 5.11 Å². The molecule has 1 atom stereocenters. The molecule has 5 aromatic rings. The zero-order valence-corrected chi connectivity index (χ0v) is 28.9. The largest absolute Gasteiger partial charge is 0.508 e. The number of ether oxygens (including phenoxy) is 1. The minimum atomic E-state index is -0.0422. The Kier molecular flexibility index (Phi) is 8.95.